The largest absolute Gasteiger partial charge is 0.328 e. The summed E-state index contributed by atoms with van der Waals surface area (Å²) in [5, 5.41) is 5.04. The zero-order chi connectivity index (χ0) is 19.9. The minimum atomic E-state index is 0.729. The first-order chi connectivity index (χ1) is 14.4. The molecule has 0 radical (unpaired) electrons. The van der Waals surface area contributed by atoms with Crippen molar-refractivity contribution in [3.8, 4) is 0 Å². The molecule has 152 valence electrons. The number of carbonyl (C=O) groups excluding carboxylic acids is 1. The third-order valence-corrected chi connectivity index (χ3v) is 7.80. The van der Waals surface area contributed by atoms with Crippen LogP contribution in [0.1, 0.15) is 61.8 Å². The van der Waals surface area contributed by atoms with Crippen molar-refractivity contribution in [2.75, 3.05) is 5.32 Å². The van der Waals surface area contributed by atoms with Crippen LogP contribution in [0.2, 0.25) is 0 Å². The van der Waals surface area contributed by atoms with E-state index < -0.39 is 0 Å². The van der Waals surface area contributed by atoms with Gasteiger partial charge in [-0.15, -0.1) is 11.3 Å². The molecule has 0 spiro atoms. The van der Waals surface area contributed by atoms with E-state index in [4.69, 9.17) is 0 Å². The van der Waals surface area contributed by atoms with E-state index in [0.29, 0.717) is 0 Å². The predicted molar refractivity (Wildman–Crippen MR) is 122 cm³/mol. The highest BCUT2D eigenvalue weighted by Crippen LogP contribution is 2.41. The summed E-state index contributed by atoms with van der Waals surface area (Å²) >= 11 is 3.48. The van der Waals surface area contributed by atoms with E-state index in [1.165, 1.54) is 67.2 Å². The maximum Gasteiger partial charge on any atom is 0.211 e. The number of nitrogens with one attached hydrogen (secondary N) is 1. The summed E-state index contributed by atoms with van der Waals surface area (Å²) in [4.78, 5) is 23.9. The van der Waals surface area contributed by atoms with E-state index in [2.05, 4.69) is 15.3 Å². The molecule has 4 nitrogen and oxygen atoms in total. The molecule has 0 atom stereocenters. The molecule has 0 fully saturated rings. The van der Waals surface area contributed by atoms with E-state index in [0.717, 1.165) is 39.7 Å². The lowest BCUT2D eigenvalue weighted by atomic mass is 9.99. The molecule has 0 saturated carbocycles. The third-order valence-electron chi connectivity index (χ3n) is 5.52. The molecule has 6 heteroatoms. The number of rotatable bonds is 4. The Morgan fingerprint density at radius 1 is 0.931 bits per heavy atom. The van der Waals surface area contributed by atoms with Crippen molar-refractivity contribution in [1.82, 2.24) is 9.97 Å². The van der Waals surface area contributed by atoms with Gasteiger partial charge in [-0.05, 0) is 43.4 Å². The Balaban J connectivity index is 1.71. The number of hydrogen-bond donors (Lipinski definition) is 1. The number of para-hydroxylation sites is 1. The summed E-state index contributed by atoms with van der Waals surface area (Å²) in [7, 11) is 0. The number of aryl methyl sites for hydroxylation is 2. The van der Waals surface area contributed by atoms with Crippen molar-refractivity contribution < 1.29 is 4.79 Å². The lowest BCUT2D eigenvalue weighted by molar-refractivity contribution is -0.105. The maximum atomic E-state index is 11.0. The van der Waals surface area contributed by atoms with Crippen molar-refractivity contribution in [2.24, 2.45) is 0 Å². The van der Waals surface area contributed by atoms with Gasteiger partial charge in [0.2, 0.25) is 6.41 Å². The van der Waals surface area contributed by atoms with Crippen LogP contribution in [-0.4, -0.2) is 16.4 Å². The summed E-state index contributed by atoms with van der Waals surface area (Å²) < 4.78 is 0. The predicted octanol–water partition coefficient (Wildman–Crippen LogP) is 6.63. The Morgan fingerprint density at radius 3 is 2.45 bits per heavy atom. The molecule has 1 aromatic carbocycles. The molecule has 0 saturated heterocycles. The van der Waals surface area contributed by atoms with Crippen LogP contribution < -0.4 is 5.32 Å². The Bertz CT molecular complexity index is 970. The number of hydrogen-bond acceptors (Lipinski definition) is 5. The fourth-order valence-corrected chi connectivity index (χ4v) is 6.35. The zero-order valence-corrected chi connectivity index (χ0v) is 18.3. The van der Waals surface area contributed by atoms with Crippen LogP contribution in [0.25, 0.3) is 10.2 Å². The normalized spacial score (nSPS) is 15.9. The monoisotopic (exact) mass is 425 g/mol. The third kappa shape index (κ3) is 4.98. The van der Waals surface area contributed by atoms with Gasteiger partial charge in [0.1, 0.15) is 16.2 Å². The molecule has 29 heavy (non-hydrogen) atoms. The number of nitrogens with zero attached hydrogens (tertiary/aromatic N) is 2. The highest BCUT2D eigenvalue weighted by Gasteiger charge is 2.18. The molecule has 2 heterocycles. The van der Waals surface area contributed by atoms with Crippen molar-refractivity contribution in [2.45, 2.75) is 74.1 Å². The second-order valence-corrected chi connectivity index (χ2v) is 9.67. The Kier molecular flexibility index (Phi) is 7.17. The van der Waals surface area contributed by atoms with Gasteiger partial charge in [0.25, 0.3) is 0 Å². The standard InChI is InChI=1S/C23H27N3OS2/c27-16-26-18-12-9-10-14-20(18)29-23-21-17-11-7-5-3-1-2-4-6-8-13-19(17)28-22(21)24-15-25-23/h9-10,12,14-16H,1-8,11,13H2,(H,26,27). The first kappa shape index (κ1) is 20.4. The van der Waals surface area contributed by atoms with E-state index in [1.807, 2.05) is 35.6 Å². The van der Waals surface area contributed by atoms with Crippen molar-refractivity contribution >= 4 is 45.4 Å². The molecule has 0 bridgehead atoms. The lowest BCUT2D eigenvalue weighted by Crippen LogP contribution is -1.97. The van der Waals surface area contributed by atoms with Gasteiger partial charge >= 0.3 is 0 Å². The first-order valence-electron chi connectivity index (χ1n) is 10.6. The van der Waals surface area contributed by atoms with Crippen LogP contribution in [0.15, 0.2) is 40.5 Å². The van der Waals surface area contributed by atoms with Gasteiger partial charge in [-0.1, -0.05) is 62.4 Å². The fraction of sp³-hybridized carbons (Fsp3) is 0.435. The topological polar surface area (TPSA) is 54.9 Å². The minimum Gasteiger partial charge on any atom is -0.328 e. The van der Waals surface area contributed by atoms with Gasteiger partial charge in [0.05, 0.1) is 5.69 Å². The van der Waals surface area contributed by atoms with Gasteiger partial charge in [-0.2, -0.15) is 0 Å². The van der Waals surface area contributed by atoms with Gasteiger partial charge < -0.3 is 5.32 Å². The molecule has 1 amide bonds. The summed E-state index contributed by atoms with van der Waals surface area (Å²) in [5.41, 5.74) is 2.29. The molecule has 2 aromatic heterocycles. The van der Waals surface area contributed by atoms with Crippen LogP contribution in [0.5, 0.6) is 0 Å². The molecule has 1 aliphatic rings. The van der Waals surface area contributed by atoms with Crippen LogP contribution in [0, 0.1) is 0 Å². The number of aromatic nitrogens is 2. The van der Waals surface area contributed by atoms with Gasteiger partial charge in [0.15, 0.2) is 0 Å². The lowest BCUT2D eigenvalue weighted by Gasteiger charge is -2.10. The summed E-state index contributed by atoms with van der Waals surface area (Å²) in [6.07, 6.45) is 15.3. The van der Waals surface area contributed by atoms with Crippen LogP contribution in [0.4, 0.5) is 5.69 Å². The van der Waals surface area contributed by atoms with E-state index >= 15 is 0 Å². The van der Waals surface area contributed by atoms with Crippen molar-refractivity contribution in [3.05, 3.63) is 41.0 Å². The average molecular weight is 426 g/mol. The van der Waals surface area contributed by atoms with E-state index in [-0.39, 0.29) is 0 Å². The number of carbonyl (C=O) groups is 1. The number of anilines is 1. The van der Waals surface area contributed by atoms with Gasteiger partial charge in [-0.25, -0.2) is 9.97 Å². The number of thiophene rings is 1. The smallest absolute Gasteiger partial charge is 0.211 e. The second kappa shape index (κ2) is 10.2. The van der Waals surface area contributed by atoms with Crippen LogP contribution >= 0.6 is 23.1 Å². The molecular weight excluding hydrogens is 398 g/mol. The Hall–Kier alpha value is -1.92. The van der Waals surface area contributed by atoms with Crippen molar-refractivity contribution in [1.29, 1.82) is 0 Å². The number of amides is 1. The van der Waals surface area contributed by atoms with Crippen molar-refractivity contribution in [3.63, 3.8) is 0 Å². The SMILES string of the molecule is O=CNc1ccccc1Sc1ncnc2sc3c(c12)CCCCCCCCCC3. The first-order valence-corrected chi connectivity index (χ1v) is 12.2. The molecule has 1 N–H and O–H groups in total. The summed E-state index contributed by atoms with van der Waals surface area (Å²) in [6, 6.07) is 7.88. The quantitative estimate of drug-likeness (QED) is 0.376. The van der Waals surface area contributed by atoms with Crippen LogP contribution in [-0.2, 0) is 17.6 Å². The number of benzene rings is 1. The number of fused-ring (bicyclic) bond motifs is 3. The summed E-state index contributed by atoms with van der Waals surface area (Å²) in [6.45, 7) is 0. The molecule has 4 rings (SSSR count). The molecule has 3 aromatic rings. The Morgan fingerprint density at radius 2 is 1.66 bits per heavy atom. The maximum absolute atomic E-state index is 11.0. The van der Waals surface area contributed by atoms with E-state index in [1.54, 1.807) is 18.1 Å². The Labute approximate surface area is 180 Å². The zero-order valence-electron chi connectivity index (χ0n) is 16.7. The molecular formula is C23H27N3OS2. The van der Waals surface area contributed by atoms with E-state index in [9.17, 15) is 4.79 Å². The van der Waals surface area contributed by atoms with Gasteiger partial charge in [-0.3, -0.25) is 4.79 Å². The molecule has 0 unspecified atom stereocenters. The summed E-state index contributed by atoms with van der Waals surface area (Å²) in [5.74, 6) is 0. The average Bonchev–Trinajstić information content (AvgIpc) is 3.08. The fourth-order valence-electron chi connectivity index (χ4n) is 4.04. The molecule has 1 aliphatic carbocycles. The minimum absolute atomic E-state index is 0.729. The second-order valence-electron chi connectivity index (χ2n) is 7.55. The van der Waals surface area contributed by atoms with Crippen LogP contribution in [0.3, 0.4) is 0 Å². The van der Waals surface area contributed by atoms with Gasteiger partial charge in [0, 0.05) is 15.2 Å². The highest BCUT2D eigenvalue weighted by molar-refractivity contribution is 7.99. The molecule has 0 aliphatic heterocycles. The highest BCUT2D eigenvalue weighted by atomic mass is 32.2.